The number of methoxy groups -OCH3 is 1. The van der Waals surface area contributed by atoms with Gasteiger partial charge < -0.3 is 20.1 Å². The van der Waals surface area contributed by atoms with Crippen molar-refractivity contribution in [3.63, 3.8) is 0 Å². The number of anilines is 2. The van der Waals surface area contributed by atoms with Crippen LogP contribution in [0.1, 0.15) is 0 Å². The van der Waals surface area contributed by atoms with Crippen molar-refractivity contribution in [3.05, 3.63) is 72.9 Å². The lowest BCUT2D eigenvalue weighted by Crippen LogP contribution is -2.19. The highest BCUT2D eigenvalue weighted by Gasteiger charge is 2.02. The van der Waals surface area contributed by atoms with Crippen molar-refractivity contribution >= 4 is 28.7 Å². The SMILES string of the molecule is COc1ccc(NC(=S)Nc2ccc(Oc3ccccc3)nc2)cc1. The molecule has 0 aliphatic carbocycles. The van der Waals surface area contributed by atoms with Crippen LogP contribution in [0.25, 0.3) is 0 Å². The second-order valence-electron chi connectivity index (χ2n) is 5.11. The van der Waals surface area contributed by atoms with E-state index in [4.69, 9.17) is 21.7 Å². The summed E-state index contributed by atoms with van der Waals surface area (Å²) in [5.74, 6) is 2.06. The van der Waals surface area contributed by atoms with Gasteiger partial charge in [0.1, 0.15) is 11.5 Å². The summed E-state index contributed by atoms with van der Waals surface area (Å²) in [7, 11) is 1.63. The van der Waals surface area contributed by atoms with Crippen LogP contribution in [0.2, 0.25) is 0 Å². The first-order chi connectivity index (χ1) is 12.2. The molecule has 0 fully saturated rings. The highest BCUT2D eigenvalue weighted by atomic mass is 32.1. The lowest BCUT2D eigenvalue weighted by molar-refractivity contribution is 0.415. The Morgan fingerprint density at radius 2 is 1.52 bits per heavy atom. The second-order valence-corrected chi connectivity index (χ2v) is 5.52. The number of nitrogens with zero attached hydrogens (tertiary/aromatic N) is 1. The first-order valence-corrected chi connectivity index (χ1v) is 8.05. The van der Waals surface area contributed by atoms with E-state index in [9.17, 15) is 0 Å². The maximum Gasteiger partial charge on any atom is 0.219 e. The second kappa shape index (κ2) is 8.12. The van der Waals surface area contributed by atoms with Gasteiger partial charge in [0.25, 0.3) is 0 Å². The highest BCUT2D eigenvalue weighted by Crippen LogP contribution is 2.20. The van der Waals surface area contributed by atoms with Gasteiger partial charge in [-0.05, 0) is 54.7 Å². The Kier molecular flexibility index (Phi) is 5.43. The molecule has 0 saturated heterocycles. The van der Waals surface area contributed by atoms with E-state index >= 15 is 0 Å². The molecule has 6 heteroatoms. The van der Waals surface area contributed by atoms with Crippen LogP contribution in [0, 0.1) is 0 Å². The molecule has 0 radical (unpaired) electrons. The zero-order valence-corrected chi connectivity index (χ0v) is 14.4. The van der Waals surface area contributed by atoms with E-state index in [-0.39, 0.29) is 0 Å². The average molecular weight is 351 g/mol. The first-order valence-electron chi connectivity index (χ1n) is 7.64. The number of para-hydroxylation sites is 1. The molecule has 1 heterocycles. The topological polar surface area (TPSA) is 55.4 Å². The normalized spacial score (nSPS) is 9.96. The summed E-state index contributed by atoms with van der Waals surface area (Å²) in [6, 6.07) is 20.7. The molecule has 0 aliphatic rings. The maximum atomic E-state index is 5.66. The van der Waals surface area contributed by atoms with Gasteiger partial charge in [0, 0.05) is 11.8 Å². The maximum absolute atomic E-state index is 5.66. The van der Waals surface area contributed by atoms with Crippen LogP contribution in [-0.4, -0.2) is 17.2 Å². The lowest BCUT2D eigenvalue weighted by atomic mass is 10.3. The number of ether oxygens (including phenoxy) is 2. The zero-order chi connectivity index (χ0) is 17.5. The van der Waals surface area contributed by atoms with Crippen LogP contribution < -0.4 is 20.1 Å². The Hall–Kier alpha value is -3.12. The van der Waals surface area contributed by atoms with Gasteiger partial charge >= 0.3 is 0 Å². The summed E-state index contributed by atoms with van der Waals surface area (Å²) in [6.07, 6.45) is 1.67. The Labute approximate surface area is 151 Å². The average Bonchev–Trinajstić information content (AvgIpc) is 2.65. The number of pyridine rings is 1. The van der Waals surface area contributed by atoms with Crippen LogP contribution in [0.4, 0.5) is 11.4 Å². The van der Waals surface area contributed by atoms with Crippen molar-refractivity contribution in [1.29, 1.82) is 0 Å². The minimum absolute atomic E-state index is 0.476. The molecule has 3 aromatic rings. The van der Waals surface area contributed by atoms with Gasteiger partial charge in [-0.25, -0.2) is 4.98 Å². The summed E-state index contributed by atoms with van der Waals surface area (Å²) in [4.78, 5) is 4.27. The fourth-order valence-corrected chi connectivity index (χ4v) is 2.33. The van der Waals surface area contributed by atoms with Crippen molar-refractivity contribution in [3.8, 4) is 17.4 Å². The largest absolute Gasteiger partial charge is 0.497 e. The van der Waals surface area contributed by atoms with Gasteiger partial charge in [-0.1, -0.05) is 18.2 Å². The minimum atomic E-state index is 0.476. The number of hydrogen-bond donors (Lipinski definition) is 2. The van der Waals surface area contributed by atoms with Crippen molar-refractivity contribution in [2.45, 2.75) is 0 Å². The zero-order valence-electron chi connectivity index (χ0n) is 13.6. The Balaban J connectivity index is 1.56. The molecule has 1 aromatic heterocycles. The summed E-state index contributed by atoms with van der Waals surface area (Å²) in [5.41, 5.74) is 1.64. The summed E-state index contributed by atoms with van der Waals surface area (Å²) in [6.45, 7) is 0. The van der Waals surface area contributed by atoms with Gasteiger partial charge in [-0.2, -0.15) is 0 Å². The van der Waals surface area contributed by atoms with Gasteiger partial charge in [-0.15, -0.1) is 0 Å². The summed E-state index contributed by atoms with van der Waals surface area (Å²) >= 11 is 5.30. The predicted octanol–water partition coefficient (Wildman–Crippen LogP) is 4.69. The van der Waals surface area contributed by atoms with Crippen molar-refractivity contribution in [2.75, 3.05) is 17.7 Å². The minimum Gasteiger partial charge on any atom is -0.497 e. The number of benzene rings is 2. The standard InChI is InChI=1S/C19H17N3O2S/c1-23-16-10-7-14(8-11-16)21-19(25)22-15-9-12-18(20-13-15)24-17-5-3-2-4-6-17/h2-13H,1H3,(H2,21,22,25). The van der Waals surface area contributed by atoms with Gasteiger partial charge in [0.15, 0.2) is 5.11 Å². The summed E-state index contributed by atoms with van der Waals surface area (Å²) in [5, 5.41) is 6.66. The van der Waals surface area contributed by atoms with E-state index in [0.717, 1.165) is 22.9 Å². The van der Waals surface area contributed by atoms with Crippen LogP contribution in [-0.2, 0) is 0 Å². The molecule has 3 rings (SSSR count). The number of aromatic nitrogens is 1. The molecule has 0 unspecified atom stereocenters. The third-order valence-electron chi connectivity index (χ3n) is 3.31. The van der Waals surface area contributed by atoms with E-state index in [1.165, 1.54) is 0 Å². The Morgan fingerprint density at radius 1 is 0.840 bits per heavy atom. The molecular weight excluding hydrogens is 334 g/mol. The molecule has 0 spiro atoms. The molecule has 0 saturated carbocycles. The van der Waals surface area contributed by atoms with Crippen molar-refractivity contribution in [1.82, 2.24) is 4.98 Å². The number of thiocarbonyl (C=S) groups is 1. The molecule has 25 heavy (non-hydrogen) atoms. The molecule has 2 N–H and O–H groups in total. The molecule has 2 aromatic carbocycles. The lowest BCUT2D eigenvalue weighted by Gasteiger charge is -2.11. The van der Waals surface area contributed by atoms with E-state index in [1.807, 2.05) is 60.7 Å². The van der Waals surface area contributed by atoms with Gasteiger partial charge in [-0.3, -0.25) is 0 Å². The molecule has 0 aliphatic heterocycles. The molecule has 0 amide bonds. The third kappa shape index (κ3) is 4.92. The van der Waals surface area contributed by atoms with E-state index < -0.39 is 0 Å². The fraction of sp³-hybridized carbons (Fsp3) is 0.0526. The Morgan fingerprint density at radius 3 is 2.16 bits per heavy atom. The van der Waals surface area contributed by atoms with Crippen molar-refractivity contribution in [2.24, 2.45) is 0 Å². The van der Waals surface area contributed by atoms with Gasteiger partial charge in [0.2, 0.25) is 5.88 Å². The molecule has 0 bridgehead atoms. The van der Waals surface area contributed by atoms with Crippen LogP contribution in [0.15, 0.2) is 72.9 Å². The number of hydrogen-bond acceptors (Lipinski definition) is 4. The third-order valence-corrected chi connectivity index (χ3v) is 3.51. The molecule has 0 atom stereocenters. The summed E-state index contributed by atoms with van der Waals surface area (Å²) < 4.78 is 10.8. The monoisotopic (exact) mass is 351 g/mol. The highest BCUT2D eigenvalue weighted by molar-refractivity contribution is 7.80. The number of nitrogens with one attached hydrogen (secondary N) is 2. The van der Waals surface area contributed by atoms with E-state index in [0.29, 0.717) is 11.0 Å². The smallest absolute Gasteiger partial charge is 0.219 e. The molecular formula is C19H17N3O2S. The number of rotatable bonds is 5. The Bertz CT molecular complexity index is 822. The molecule has 126 valence electrons. The predicted molar refractivity (Wildman–Crippen MR) is 104 cm³/mol. The molecule has 5 nitrogen and oxygen atoms in total. The first kappa shape index (κ1) is 16.7. The quantitative estimate of drug-likeness (QED) is 0.650. The van der Waals surface area contributed by atoms with E-state index in [2.05, 4.69) is 15.6 Å². The van der Waals surface area contributed by atoms with Crippen LogP contribution in [0.5, 0.6) is 17.4 Å². The van der Waals surface area contributed by atoms with Crippen LogP contribution in [0.3, 0.4) is 0 Å². The van der Waals surface area contributed by atoms with Crippen molar-refractivity contribution < 1.29 is 9.47 Å². The fourth-order valence-electron chi connectivity index (χ4n) is 2.09. The van der Waals surface area contributed by atoms with E-state index in [1.54, 1.807) is 19.4 Å². The van der Waals surface area contributed by atoms with Crippen LogP contribution >= 0.6 is 12.2 Å². The van der Waals surface area contributed by atoms with Gasteiger partial charge in [0.05, 0.1) is 19.0 Å².